The van der Waals surface area contributed by atoms with Crippen LogP contribution in [-0.2, 0) is 19.1 Å². The zero-order valence-corrected chi connectivity index (χ0v) is 16.2. The number of aliphatic carboxylic acids is 1. The maximum Gasteiger partial charge on any atom is 0.338 e. The molecule has 2 bridgehead atoms. The third kappa shape index (κ3) is 4.16. The van der Waals surface area contributed by atoms with Gasteiger partial charge in [-0.05, 0) is 50.3 Å². The number of allylic oxidation sites excluding steroid dienone is 2. The van der Waals surface area contributed by atoms with Crippen molar-refractivity contribution in [1.82, 2.24) is 0 Å². The van der Waals surface area contributed by atoms with E-state index in [1.165, 1.54) is 18.2 Å². The molecular weight excluding hydrogens is 378 g/mol. The second kappa shape index (κ2) is 8.46. The fraction of sp³-hybridized carbons (Fsp3) is 0.429. The molecule has 0 aliphatic heterocycles. The average molecular weight is 400 g/mol. The van der Waals surface area contributed by atoms with Crippen LogP contribution in [-0.4, -0.2) is 37.0 Å². The van der Waals surface area contributed by atoms with Gasteiger partial charge in [-0.15, -0.1) is 0 Å². The van der Waals surface area contributed by atoms with Gasteiger partial charge in [-0.3, -0.25) is 4.79 Å². The molecule has 1 N–H and O–H groups in total. The zero-order valence-electron chi connectivity index (χ0n) is 16.2. The molecule has 1 aromatic carbocycles. The average Bonchev–Trinajstić information content (AvgIpc) is 3.29. The van der Waals surface area contributed by atoms with E-state index >= 15 is 0 Å². The molecule has 1 aromatic rings. The number of esters is 2. The molecule has 1 saturated carbocycles. The van der Waals surface area contributed by atoms with Gasteiger partial charge in [0.25, 0.3) is 0 Å². The first-order chi connectivity index (χ1) is 13.8. The van der Waals surface area contributed by atoms with E-state index in [-0.39, 0.29) is 41.9 Å². The van der Waals surface area contributed by atoms with Crippen molar-refractivity contribution >= 4 is 29.5 Å². The highest BCUT2D eigenvalue weighted by Crippen LogP contribution is 2.48. The number of fused-ring (bicyclic) bond motifs is 2. The maximum absolute atomic E-state index is 12.9. The smallest absolute Gasteiger partial charge is 0.338 e. The van der Waals surface area contributed by atoms with Gasteiger partial charge in [-0.2, -0.15) is 0 Å². The highest BCUT2D eigenvalue weighted by Gasteiger charge is 2.48. The molecule has 4 atom stereocenters. The maximum atomic E-state index is 12.9. The van der Waals surface area contributed by atoms with Gasteiger partial charge >= 0.3 is 11.9 Å². The van der Waals surface area contributed by atoms with E-state index in [4.69, 9.17) is 9.47 Å². The normalized spacial score (nSPS) is 24.2. The van der Waals surface area contributed by atoms with Crippen LogP contribution in [0.2, 0.25) is 0 Å². The summed E-state index contributed by atoms with van der Waals surface area (Å²) in [6.07, 6.45) is 4.26. The van der Waals surface area contributed by atoms with Crippen molar-refractivity contribution in [2.24, 2.45) is 23.7 Å². The van der Waals surface area contributed by atoms with Gasteiger partial charge in [0.2, 0.25) is 5.91 Å². The molecule has 2 aliphatic carbocycles. The lowest BCUT2D eigenvalue weighted by atomic mass is 9.82. The molecule has 1 fully saturated rings. The fourth-order valence-corrected chi connectivity index (χ4v) is 4.09. The number of carboxylic acid groups (broad SMARTS) is 1. The minimum Gasteiger partial charge on any atom is -0.550 e. The van der Waals surface area contributed by atoms with Gasteiger partial charge in [-0.1, -0.05) is 12.2 Å². The third-order valence-electron chi connectivity index (χ3n) is 5.26. The number of rotatable bonds is 7. The van der Waals surface area contributed by atoms with Crippen molar-refractivity contribution in [2.75, 3.05) is 18.5 Å². The molecular formula is C21H22NO7-. The van der Waals surface area contributed by atoms with E-state index in [1.807, 2.05) is 12.2 Å². The van der Waals surface area contributed by atoms with Crippen LogP contribution in [0.4, 0.5) is 5.69 Å². The number of hydrogen-bond acceptors (Lipinski definition) is 7. The summed E-state index contributed by atoms with van der Waals surface area (Å²) in [5.74, 6) is -5.12. The molecule has 2 aliphatic rings. The summed E-state index contributed by atoms with van der Waals surface area (Å²) >= 11 is 0. The van der Waals surface area contributed by atoms with Crippen molar-refractivity contribution in [1.29, 1.82) is 0 Å². The Morgan fingerprint density at radius 1 is 0.931 bits per heavy atom. The first-order valence-corrected chi connectivity index (χ1v) is 9.55. The minimum atomic E-state index is -1.26. The van der Waals surface area contributed by atoms with Crippen LogP contribution >= 0.6 is 0 Å². The number of hydrogen-bond donors (Lipinski definition) is 1. The van der Waals surface area contributed by atoms with Gasteiger partial charge in [-0.25, -0.2) is 9.59 Å². The summed E-state index contributed by atoms with van der Waals surface area (Å²) in [7, 11) is 0. The van der Waals surface area contributed by atoms with Crippen molar-refractivity contribution in [3.63, 3.8) is 0 Å². The van der Waals surface area contributed by atoms with Crippen molar-refractivity contribution in [2.45, 2.75) is 20.3 Å². The molecule has 154 valence electrons. The lowest BCUT2D eigenvalue weighted by Gasteiger charge is -2.27. The monoisotopic (exact) mass is 400 g/mol. The van der Waals surface area contributed by atoms with Gasteiger partial charge in [0.1, 0.15) is 0 Å². The first-order valence-electron chi connectivity index (χ1n) is 9.55. The predicted octanol–water partition coefficient (Wildman–Crippen LogP) is 1.17. The van der Waals surface area contributed by atoms with Crippen LogP contribution in [0.15, 0.2) is 30.4 Å². The van der Waals surface area contributed by atoms with Crippen LogP contribution in [0.5, 0.6) is 0 Å². The molecule has 8 heteroatoms. The van der Waals surface area contributed by atoms with Crippen molar-refractivity contribution in [3.8, 4) is 0 Å². The Kier molecular flexibility index (Phi) is 6.00. The summed E-state index contributed by atoms with van der Waals surface area (Å²) in [4.78, 5) is 48.7. The number of carboxylic acids is 1. The Hall–Kier alpha value is -3.16. The predicted molar refractivity (Wildman–Crippen MR) is 99.7 cm³/mol. The van der Waals surface area contributed by atoms with Gasteiger partial charge in [0.05, 0.1) is 30.3 Å². The van der Waals surface area contributed by atoms with E-state index in [1.54, 1.807) is 13.8 Å². The Balaban J connectivity index is 1.88. The third-order valence-corrected chi connectivity index (χ3v) is 5.26. The van der Waals surface area contributed by atoms with Crippen LogP contribution < -0.4 is 10.4 Å². The highest BCUT2D eigenvalue weighted by atomic mass is 16.5. The Labute approximate surface area is 167 Å². The van der Waals surface area contributed by atoms with Crippen LogP contribution in [0.25, 0.3) is 0 Å². The van der Waals surface area contributed by atoms with Crippen LogP contribution in [0.3, 0.4) is 0 Å². The number of amides is 1. The standard InChI is InChI=1S/C21H23NO7/c1-3-28-20(26)13-8-14(21(27)29-4-2)10-15(9-13)22-18(23)16-11-5-6-12(7-11)17(16)19(24)25/h5-6,8-12,16-17H,3-4,7H2,1-2H3,(H,22,23)(H,24,25)/p-1/t11-,12-,16-,17-/m0/s1. The Morgan fingerprint density at radius 2 is 1.45 bits per heavy atom. The highest BCUT2D eigenvalue weighted by molar-refractivity contribution is 6.01. The zero-order chi connectivity index (χ0) is 21.1. The van der Waals surface area contributed by atoms with Gasteiger partial charge in [0.15, 0.2) is 0 Å². The summed E-state index contributed by atoms with van der Waals surface area (Å²) < 4.78 is 9.94. The summed E-state index contributed by atoms with van der Waals surface area (Å²) in [5, 5.41) is 14.2. The van der Waals surface area contributed by atoms with E-state index in [0.717, 1.165) is 0 Å². The molecule has 3 rings (SSSR count). The number of benzene rings is 1. The number of nitrogens with one attached hydrogen (secondary N) is 1. The van der Waals surface area contributed by atoms with Gasteiger partial charge in [0, 0.05) is 17.6 Å². The van der Waals surface area contributed by atoms with E-state index in [2.05, 4.69) is 5.32 Å². The Bertz CT molecular complexity index is 840. The topological polar surface area (TPSA) is 122 Å². The lowest BCUT2D eigenvalue weighted by molar-refractivity contribution is -0.313. The van der Waals surface area contributed by atoms with Crippen molar-refractivity contribution in [3.05, 3.63) is 41.5 Å². The van der Waals surface area contributed by atoms with E-state index in [9.17, 15) is 24.3 Å². The first kappa shape index (κ1) is 20.6. The summed E-state index contributed by atoms with van der Waals surface area (Å²) in [6, 6.07) is 4.10. The number of carbonyl (C=O) groups is 4. The molecule has 0 aromatic heterocycles. The molecule has 29 heavy (non-hydrogen) atoms. The fourth-order valence-electron chi connectivity index (χ4n) is 4.09. The van der Waals surface area contributed by atoms with Crippen LogP contribution in [0, 0.1) is 23.7 Å². The number of ether oxygens (including phenoxy) is 2. The van der Waals surface area contributed by atoms with Crippen LogP contribution in [0.1, 0.15) is 41.0 Å². The molecule has 0 radical (unpaired) electrons. The second-order valence-corrected chi connectivity index (χ2v) is 7.05. The Morgan fingerprint density at radius 3 is 1.93 bits per heavy atom. The minimum absolute atomic E-state index is 0.0805. The summed E-state index contributed by atoms with van der Waals surface area (Å²) in [6.45, 7) is 3.60. The number of carbonyl (C=O) groups excluding carboxylic acids is 4. The molecule has 0 saturated heterocycles. The lowest BCUT2D eigenvalue weighted by Crippen LogP contribution is -2.42. The molecule has 0 heterocycles. The molecule has 0 unspecified atom stereocenters. The molecule has 0 spiro atoms. The van der Waals surface area contributed by atoms with E-state index < -0.39 is 35.7 Å². The molecule has 1 amide bonds. The van der Waals surface area contributed by atoms with Gasteiger partial charge < -0.3 is 24.7 Å². The quantitative estimate of drug-likeness (QED) is 0.538. The summed E-state index contributed by atoms with van der Waals surface area (Å²) in [5.41, 5.74) is 0.349. The van der Waals surface area contributed by atoms with E-state index in [0.29, 0.717) is 6.42 Å². The largest absolute Gasteiger partial charge is 0.550 e. The number of anilines is 1. The SMILES string of the molecule is CCOC(=O)c1cc(NC(=O)[C@@H]2[C@@H](C(=O)[O-])[C@H]3C=C[C@H]2C3)cc(C(=O)OCC)c1. The second-order valence-electron chi connectivity index (χ2n) is 7.05. The molecule has 8 nitrogen and oxygen atoms in total. The van der Waals surface area contributed by atoms with Crippen molar-refractivity contribution < 1.29 is 33.8 Å².